The van der Waals surface area contributed by atoms with Crippen molar-refractivity contribution in [3.63, 3.8) is 0 Å². The molecule has 1 saturated carbocycles. The summed E-state index contributed by atoms with van der Waals surface area (Å²) in [5.74, 6) is -0.153. The molecule has 6 rings (SSSR count). The standard InChI is InChI=1S/C27H27N7O2/c1-17-11-18(7-10-29-17)25-22-12-19(4-5-23(22)31-32-25)26(35)30-21-3-2-8-27(36,13-21)16-34-15-20-6-9-28-14-24(20)33-34/h4-7,9-12,14-15,21,36H,2-3,8,13,16H2,1H3,(H,30,35)(H,31,32). The van der Waals surface area contributed by atoms with Gasteiger partial charge in [0.15, 0.2) is 0 Å². The second-order valence-electron chi connectivity index (χ2n) is 9.77. The summed E-state index contributed by atoms with van der Waals surface area (Å²) in [5, 5.41) is 28.4. The number of rotatable bonds is 5. The molecule has 1 aliphatic rings. The lowest BCUT2D eigenvalue weighted by Gasteiger charge is -2.37. The SMILES string of the molecule is Cc1cc(-c2n[nH]c3ccc(C(=O)NC4CCCC(O)(Cn5cc6ccncc6n5)C4)cc23)ccn1. The Kier molecular flexibility index (Phi) is 5.49. The van der Waals surface area contributed by atoms with Crippen LogP contribution < -0.4 is 5.32 Å². The quantitative estimate of drug-likeness (QED) is 0.351. The highest BCUT2D eigenvalue weighted by Crippen LogP contribution is 2.31. The second-order valence-corrected chi connectivity index (χ2v) is 9.77. The van der Waals surface area contributed by atoms with Crippen LogP contribution in [0.1, 0.15) is 41.7 Å². The van der Waals surface area contributed by atoms with Crippen molar-refractivity contribution in [2.24, 2.45) is 0 Å². The molecule has 0 aliphatic heterocycles. The average molecular weight is 482 g/mol. The second kappa shape index (κ2) is 8.83. The van der Waals surface area contributed by atoms with E-state index in [0.717, 1.165) is 51.6 Å². The lowest BCUT2D eigenvalue weighted by molar-refractivity contribution is -0.0235. The van der Waals surface area contributed by atoms with Crippen LogP contribution in [0.5, 0.6) is 0 Å². The van der Waals surface area contributed by atoms with Gasteiger partial charge in [-0.15, -0.1) is 0 Å². The fourth-order valence-electron chi connectivity index (χ4n) is 5.24. The van der Waals surface area contributed by atoms with Crippen LogP contribution in [0.15, 0.2) is 61.2 Å². The van der Waals surface area contributed by atoms with Gasteiger partial charge in [0, 0.05) is 52.2 Å². The minimum absolute atomic E-state index is 0.120. The number of benzene rings is 1. The van der Waals surface area contributed by atoms with E-state index in [2.05, 4.69) is 30.6 Å². The maximum absolute atomic E-state index is 13.2. The van der Waals surface area contributed by atoms with Crippen molar-refractivity contribution in [2.45, 2.75) is 50.8 Å². The molecular formula is C27H27N7O2. The molecule has 36 heavy (non-hydrogen) atoms. The van der Waals surface area contributed by atoms with Crippen LogP contribution in [-0.2, 0) is 6.54 Å². The van der Waals surface area contributed by atoms with E-state index in [0.29, 0.717) is 24.9 Å². The van der Waals surface area contributed by atoms with Gasteiger partial charge in [-0.3, -0.25) is 24.5 Å². The van der Waals surface area contributed by atoms with Crippen molar-refractivity contribution in [1.29, 1.82) is 0 Å². The highest BCUT2D eigenvalue weighted by Gasteiger charge is 2.36. The van der Waals surface area contributed by atoms with E-state index in [9.17, 15) is 9.90 Å². The third-order valence-corrected chi connectivity index (χ3v) is 6.96. The molecule has 0 bridgehead atoms. The number of aromatic amines is 1. The van der Waals surface area contributed by atoms with Crippen molar-refractivity contribution in [3.05, 3.63) is 72.4 Å². The van der Waals surface area contributed by atoms with Crippen LogP contribution in [0.25, 0.3) is 33.1 Å². The number of pyridine rings is 2. The van der Waals surface area contributed by atoms with Crippen LogP contribution in [0.3, 0.4) is 0 Å². The Morgan fingerprint density at radius 2 is 2.17 bits per heavy atom. The molecule has 0 saturated heterocycles. The van der Waals surface area contributed by atoms with Gasteiger partial charge < -0.3 is 10.4 Å². The number of hydrogen-bond donors (Lipinski definition) is 3. The van der Waals surface area contributed by atoms with Gasteiger partial charge >= 0.3 is 0 Å². The molecule has 5 aromatic rings. The van der Waals surface area contributed by atoms with Gasteiger partial charge in [-0.25, -0.2) is 0 Å². The summed E-state index contributed by atoms with van der Waals surface area (Å²) >= 11 is 0. The first-order valence-electron chi connectivity index (χ1n) is 12.2. The number of hydrogen-bond acceptors (Lipinski definition) is 6. The number of carbonyl (C=O) groups excluding carboxylic acids is 1. The Balaban J connectivity index is 1.18. The van der Waals surface area contributed by atoms with Gasteiger partial charge in [-0.05, 0) is 69.0 Å². The molecule has 3 N–H and O–H groups in total. The van der Waals surface area contributed by atoms with Gasteiger partial charge in [-0.2, -0.15) is 10.2 Å². The number of fused-ring (bicyclic) bond motifs is 2. The average Bonchev–Trinajstić information content (AvgIpc) is 3.46. The molecule has 0 radical (unpaired) electrons. The number of aryl methyl sites for hydroxylation is 1. The number of aliphatic hydroxyl groups is 1. The molecule has 4 aromatic heterocycles. The molecule has 1 aromatic carbocycles. The van der Waals surface area contributed by atoms with E-state index in [4.69, 9.17) is 0 Å². The van der Waals surface area contributed by atoms with E-state index in [1.54, 1.807) is 29.3 Å². The normalized spacial score (nSPS) is 20.1. The van der Waals surface area contributed by atoms with Gasteiger partial charge in [0.2, 0.25) is 0 Å². The molecule has 2 atom stereocenters. The predicted molar refractivity (Wildman–Crippen MR) is 136 cm³/mol. The molecule has 0 spiro atoms. The first-order chi connectivity index (χ1) is 17.5. The zero-order chi connectivity index (χ0) is 24.7. The topological polar surface area (TPSA) is 122 Å². The summed E-state index contributed by atoms with van der Waals surface area (Å²) in [5.41, 5.74) is 3.94. The van der Waals surface area contributed by atoms with Crippen molar-refractivity contribution >= 4 is 27.7 Å². The van der Waals surface area contributed by atoms with Crippen molar-refractivity contribution in [2.75, 3.05) is 0 Å². The third-order valence-electron chi connectivity index (χ3n) is 6.96. The van der Waals surface area contributed by atoms with Gasteiger partial charge in [0.1, 0.15) is 11.2 Å². The summed E-state index contributed by atoms with van der Waals surface area (Å²) in [6.07, 6.45) is 9.94. The minimum Gasteiger partial charge on any atom is -0.388 e. The molecular weight excluding hydrogens is 454 g/mol. The number of nitrogens with zero attached hydrogens (tertiary/aromatic N) is 5. The van der Waals surface area contributed by atoms with Crippen LogP contribution in [0.2, 0.25) is 0 Å². The van der Waals surface area contributed by atoms with E-state index in [1.165, 1.54) is 0 Å². The third kappa shape index (κ3) is 4.33. The Hall–Kier alpha value is -4.11. The summed E-state index contributed by atoms with van der Waals surface area (Å²) in [6.45, 7) is 2.32. The smallest absolute Gasteiger partial charge is 0.251 e. The highest BCUT2D eigenvalue weighted by molar-refractivity contribution is 6.01. The lowest BCUT2D eigenvalue weighted by atomic mass is 9.81. The summed E-state index contributed by atoms with van der Waals surface area (Å²) < 4.78 is 1.78. The zero-order valence-corrected chi connectivity index (χ0v) is 20.0. The Bertz CT molecular complexity index is 1540. The van der Waals surface area contributed by atoms with E-state index in [1.807, 2.05) is 43.5 Å². The van der Waals surface area contributed by atoms with E-state index < -0.39 is 5.60 Å². The van der Waals surface area contributed by atoms with Crippen LogP contribution in [0.4, 0.5) is 0 Å². The molecule has 1 amide bonds. The van der Waals surface area contributed by atoms with E-state index >= 15 is 0 Å². The zero-order valence-electron chi connectivity index (χ0n) is 20.0. The fourth-order valence-corrected chi connectivity index (χ4v) is 5.24. The van der Waals surface area contributed by atoms with Gasteiger partial charge in [0.05, 0.1) is 23.9 Å². The Morgan fingerprint density at radius 1 is 1.25 bits per heavy atom. The van der Waals surface area contributed by atoms with Crippen LogP contribution in [-0.4, -0.2) is 52.6 Å². The molecule has 2 unspecified atom stereocenters. The van der Waals surface area contributed by atoms with Crippen molar-refractivity contribution in [3.8, 4) is 11.3 Å². The first kappa shape index (κ1) is 22.4. The lowest BCUT2D eigenvalue weighted by Crippen LogP contribution is -2.47. The van der Waals surface area contributed by atoms with Crippen molar-refractivity contribution < 1.29 is 9.90 Å². The monoisotopic (exact) mass is 481 g/mol. The molecule has 1 fully saturated rings. The maximum atomic E-state index is 13.2. The van der Waals surface area contributed by atoms with Gasteiger partial charge in [-0.1, -0.05) is 0 Å². The Labute approximate surface area is 207 Å². The molecule has 4 heterocycles. The number of H-pyrrole nitrogens is 1. The summed E-state index contributed by atoms with van der Waals surface area (Å²) in [4.78, 5) is 21.6. The first-order valence-corrected chi connectivity index (χ1v) is 12.2. The maximum Gasteiger partial charge on any atom is 0.251 e. The summed E-state index contributed by atoms with van der Waals surface area (Å²) in [6, 6.07) is 11.2. The predicted octanol–water partition coefficient (Wildman–Crippen LogP) is 3.78. The largest absolute Gasteiger partial charge is 0.388 e. The van der Waals surface area contributed by atoms with Crippen LogP contribution >= 0.6 is 0 Å². The fraction of sp³-hybridized carbons (Fsp3) is 0.296. The molecule has 9 heteroatoms. The van der Waals surface area contributed by atoms with Crippen molar-refractivity contribution in [1.82, 2.24) is 35.3 Å². The summed E-state index contributed by atoms with van der Waals surface area (Å²) in [7, 11) is 0. The number of nitrogens with one attached hydrogen (secondary N) is 2. The van der Waals surface area contributed by atoms with Crippen LogP contribution in [0, 0.1) is 6.92 Å². The molecule has 182 valence electrons. The minimum atomic E-state index is -0.938. The van der Waals surface area contributed by atoms with Gasteiger partial charge in [0.25, 0.3) is 5.91 Å². The number of amides is 1. The molecule has 1 aliphatic carbocycles. The number of carbonyl (C=O) groups is 1. The Morgan fingerprint density at radius 3 is 3.03 bits per heavy atom. The highest BCUT2D eigenvalue weighted by atomic mass is 16.3. The molecule has 9 nitrogen and oxygen atoms in total. The van der Waals surface area contributed by atoms with E-state index in [-0.39, 0.29) is 11.9 Å². The number of aromatic nitrogens is 6.